The fraction of sp³-hybridized carbons (Fsp3) is 0.542. The molecule has 7 heteroatoms. The highest BCUT2D eigenvalue weighted by Crippen LogP contribution is 2.44. The van der Waals surface area contributed by atoms with E-state index >= 15 is 0 Å². The van der Waals surface area contributed by atoms with Crippen molar-refractivity contribution in [2.24, 2.45) is 11.8 Å². The minimum atomic E-state index is -2.62. The maximum Gasteiger partial charge on any atom is 0.269 e. The molecule has 168 valence electrons. The van der Waals surface area contributed by atoms with Crippen LogP contribution in [0.1, 0.15) is 79.3 Å². The minimum Gasteiger partial charge on any atom is -0.481 e. The third-order valence-electron chi connectivity index (χ3n) is 6.52. The van der Waals surface area contributed by atoms with Crippen molar-refractivity contribution in [1.29, 1.82) is 0 Å². The molecule has 0 aliphatic heterocycles. The molecular formula is C24H30F2N2O3. The number of hydrogen-bond donors (Lipinski definition) is 0. The normalized spacial score (nSPS) is 19.8. The number of hydrogen-bond acceptors (Lipinski definition) is 5. The molecule has 1 atom stereocenters. The van der Waals surface area contributed by atoms with Gasteiger partial charge in [-0.3, -0.25) is 4.79 Å². The van der Waals surface area contributed by atoms with Crippen LogP contribution in [-0.2, 0) is 0 Å². The second kappa shape index (κ2) is 10.6. The smallest absolute Gasteiger partial charge is 0.269 e. The van der Waals surface area contributed by atoms with Crippen LogP contribution in [0.2, 0.25) is 0 Å². The first-order chi connectivity index (χ1) is 15.0. The van der Waals surface area contributed by atoms with E-state index in [9.17, 15) is 13.6 Å². The number of rotatable bonds is 9. The van der Waals surface area contributed by atoms with Crippen molar-refractivity contribution in [3.63, 3.8) is 0 Å². The van der Waals surface area contributed by atoms with Crippen LogP contribution in [0.25, 0.3) is 0 Å². The van der Waals surface area contributed by atoms with Crippen molar-refractivity contribution < 1.29 is 23.0 Å². The molecule has 1 aliphatic carbocycles. The maximum atomic E-state index is 13.7. The summed E-state index contributed by atoms with van der Waals surface area (Å²) in [5.41, 5.74) is 1.16. The lowest BCUT2D eigenvalue weighted by molar-refractivity contribution is 0.0924. The summed E-state index contributed by atoms with van der Waals surface area (Å²) in [5, 5.41) is 0. The van der Waals surface area contributed by atoms with E-state index in [4.69, 9.17) is 9.47 Å². The number of methoxy groups -OCH3 is 2. The van der Waals surface area contributed by atoms with E-state index in [0.717, 1.165) is 32.1 Å². The van der Waals surface area contributed by atoms with Crippen LogP contribution in [-0.4, -0.2) is 30.0 Å². The Hall–Kier alpha value is -2.57. The molecule has 31 heavy (non-hydrogen) atoms. The fourth-order valence-corrected chi connectivity index (χ4v) is 4.77. The minimum absolute atomic E-state index is 0.0137. The number of carbonyl (C=O) groups is 1. The van der Waals surface area contributed by atoms with Crippen LogP contribution in [0.3, 0.4) is 0 Å². The molecule has 2 aromatic heterocycles. The standard InChI is InChI=1S/C24H30F2N2O3/c1-4-15(13-20(29)18-9-10-21(30-2)28-14-18)16-5-7-17(8-6-16)19-11-12-27-24(31-3)22(19)23(25)26/h9-12,14-17,23H,4-8,13H2,1-3H3/t15-,16?,17?/m0/s1. The number of nitrogens with zero attached hydrogens (tertiary/aromatic N) is 2. The fourth-order valence-electron chi connectivity index (χ4n) is 4.77. The molecule has 0 aromatic carbocycles. The van der Waals surface area contributed by atoms with Gasteiger partial charge in [0.2, 0.25) is 11.8 Å². The van der Waals surface area contributed by atoms with Crippen LogP contribution in [0, 0.1) is 11.8 Å². The van der Waals surface area contributed by atoms with Crippen molar-refractivity contribution in [2.75, 3.05) is 14.2 Å². The van der Waals surface area contributed by atoms with E-state index in [-0.39, 0.29) is 29.1 Å². The largest absolute Gasteiger partial charge is 0.481 e. The zero-order valence-corrected chi connectivity index (χ0v) is 18.3. The van der Waals surface area contributed by atoms with Gasteiger partial charge in [-0.1, -0.05) is 13.3 Å². The third kappa shape index (κ3) is 5.38. The predicted molar refractivity (Wildman–Crippen MR) is 114 cm³/mol. The lowest BCUT2D eigenvalue weighted by atomic mass is 9.71. The van der Waals surface area contributed by atoms with Gasteiger partial charge in [-0.25, -0.2) is 18.7 Å². The van der Waals surface area contributed by atoms with Gasteiger partial charge in [0.1, 0.15) is 0 Å². The average molecular weight is 433 g/mol. The number of alkyl halides is 2. The molecule has 1 fully saturated rings. The van der Waals surface area contributed by atoms with Crippen molar-refractivity contribution in [2.45, 2.75) is 57.8 Å². The molecule has 3 rings (SSSR count). The second-order valence-electron chi connectivity index (χ2n) is 8.12. The molecule has 5 nitrogen and oxygen atoms in total. The van der Waals surface area contributed by atoms with Crippen LogP contribution in [0.5, 0.6) is 11.8 Å². The Morgan fingerprint density at radius 1 is 1.10 bits per heavy atom. The molecule has 1 aliphatic rings. The number of carbonyl (C=O) groups excluding carboxylic acids is 1. The van der Waals surface area contributed by atoms with E-state index < -0.39 is 6.43 Å². The summed E-state index contributed by atoms with van der Waals surface area (Å²) < 4.78 is 37.5. The highest BCUT2D eigenvalue weighted by molar-refractivity contribution is 5.95. The van der Waals surface area contributed by atoms with E-state index in [0.29, 0.717) is 29.3 Å². The number of Topliss-reactive ketones (excluding diaryl/α,β-unsaturated/α-hetero) is 1. The molecule has 1 saturated carbocycles. The van der Waals surface area contributed by atoms with E-state index in [1.54, 1.807) is 37.7 Å². The van der Waals surface area contributed by atoms with Crippen LogP contribution >= 0.6 is 0 Å². The van der Waals surface area contributed by atoms with Gasteiger partial charge in [0.15, 0.2) is 5.78 Å². The highest BCUT2D eigenvalue weighted by Gasteiger charge is 2.32. The van der Waals surface area contributed by atoms with Crippen LogP contribution in [0.4, 0.5) is 8.78 Å². The van der Waals surface area contributed by atoms with Crippen molar-refractivity contribution in [1.82, 2.24) is 9.97 Å². The summed E-state index contributed by atoms with van der Waals surface area (Å²) >= 11 is 0. The zero-order chi connectivity index (χ0) is 22.4. The molecule has 0 radical (unpaired) electrons. The van der Waals surface area contributed by atoms with Gasteiger partial charge in [-0.15, -0.1) is 0 Å². The van der Waals surface area contributed by atoms with Crippen molar-refractivity contribution >= 4 is 5.78 Å². The zero-order valence-electron chi connectivity index (χ0n) is 18.3. The molecule has 0 amide bonds. The van der Waals surface area contributed by atoms with Gasteiger partial charge < -0.3 is 9.47 Å². The summed E-state index contributed by atoms with van der Waals surface area (Å²) in [5.74, 6) is 1.34. The lowest BCUT2D eigenvalue weighted by Crippen LogP contribution is -2.23. The first kappa shape index (κ1) is 23.1. The van der Waals surface area contributed by atoms with E-state index in [2.05, 4.69) is 16.9 Å². The third-order valence-corrected chi connectivity index (χ3v) is 6.52. The molecule has 0 unspecified atom stereocenters. The lowest BCUT2D eigenvalue weighted by Gasteiger charge is -2.34. The summed E-state index contributed by atoms with van der Waals surface area (Å²) in [7, 11) is 2.91. The van der Waals surface area contributed by atoms with Crippen molar-refractivity contribution in [3.8, 4) is 11.8 Å². The molecule has 0 bridgehead atoms. The Bertz CT molecular complexity index is 866. The summed E-state index contributed by atoms with van der Waals surface area (Å²) in [6.45, 7) is 2.11. The number of ether oxygens (including phenoxy) is 2. The highest BCUT2D eigenvalue weighted by atomic mass is 19.3. The topological polar surface area (TPSA) is 61.3 Å². The maximum absolute atomic E-state index is 13.7. The Morgan fingerprint density at radius 2 is 1.84 bits per heavy atom. The summed E-state index contributed by atoms with van der Waals surface area (Å²) in [4.78, 5) is 20.8. The molecule has 2 heterocycles. The number of pyridine rings is 2. The Balaban J connectivity index is 1.64. The summed E-state index contributed by atoms with van der Waals surface area (Å²) in [6.07, 6.45) is 5.38. The van der Waals surface area contributed by atoms with Gasteiger partial charge >= 0.3 is 0 Å². The Morgan fingerprint density at radius 3 is 2.39 bits per heavy atom. The first-order valence-corrected chi connectivity index (χ1v) is 10.8. The van der Waals surface area contributed by atoms with Gasteiger partial charge in [0.05, 0.1) is 19.8 Å². The molecule has 0 N–H and O–H groups in total. The molecule has 2 aromatic rings. The SMILES string of the molecule is CC[C@@H](CC(=O)c1ccc(OC)nc1)C1CCC(c2ccnc(OC)c2C(F)F)CC1. The van der Waals surface area contributed by atoms with Crippen LogP contribution in [0.15, 0.2) is 30.6 Å². The van der Waals surface area contributed by atoms with Crippen LogP contribution < -0.4 is 9.47 Å². The number of ketones is 1. The van der Waals surface area contributed by atoms with Gasteiger partial charge in [0.25, 0.3) is 6.43 Å². The molecular weight excluding hydrogens is 402 g/mol. The number of halogens is 2. The Labute approximate surface area is 182 Å². The molecule has 0 saturated heterocycles. The predicted octanol–water partition coefficient (Wildman–Crippen LogP) is 6.00. The van der Waals surface area contributed by atoms with E-state index in [1.165, 1.54) is 7.11 Å². The van der Waals surface area contributed by atoms with Crippen molar-refractivity contribution in [3.05, 3.63) is 47.3 Å². The number of aromatic nitrogens is 2. The molecule has 0 spiro atoms. The van der Waals surface area contributed by atoms with Gasteiger partial charge in [-0.05, 0) is 61.1 Å². The monoisotopic (exact) mass is 432 g/mol. The summed E-state index contributed by atoms with van der Waals surface area (Å²) in [6, 6.07) is 5.15. The van der Waals surface area contributed by atoms with E-state index in [1.807, 2.05) is 0 Å². The quantitative estimate of drug-likeness (QED) is 0.455. The van der Waals surface area contributed by atoms with Gasteiger partial charge in [-0.2, -0.15) is 0 Å². The van der Waals surface area contributed by atoms with Gasteiger partial charge in [0, 0.05) is 30.4 Å². The second-order valence-corrected chi connectivity index (χ2v) is 8.12. The first-order valence-electron chi connectivity index (χ1n) is 10.8. The average Bonchev–Trinajstić information content (AvgIpc) is 2.81. The Kier molecular flexibility index (Phi) is 7.93.